The van der Waals surface area contributed by atoms with Crippen LogP contribution in [0.5, 0.6) is 5.75 Å². The lowest BCUT2D eigenvalue weighted by Gasteiger charge is -2.23. The standard InChI is InChI=1S/C11H10ClO2P/c1-3-5-9-6-4-7-10-11(9)8(2)13-15(12)14-10/h3-7H,2H2,1H3/b5-3-. The van der Waals surface area contributed by atoms with Crippen LogP contribution in [0.3, 0.4) is 0 Å². The first kappa shape index (κ1) is 10.5. The Bertz CT molecular complexity index is 429. The van der Waals surface area contributed by atoms with Gasteiger partial charge in [-0.3, -0.25) is 0 Å². The molecule has 15 heavy (non-hydrogen) atoms. The molecule has 0 fully saturated rings. The van der Waals surface area contributed by atoms with Crippen LogP contribution in [0.4, 0.5) is 0 Å². The van der Waals surface area contributed by atoms with Crippen molar-refractivity contribution in [1.82, 2.24) is 0 Å². The molecule has 1 aliphatic rings. The van der Waals surface area contributed by atoms with Gasteiger partial charge in [0.2, 0.25) is 0 Å². The van der Waals surface area contributed by atoms with E-state index in [1.807, 2.05) is 37.3 Å². The van der Waals surface area contributed by atoms with Crippen molar-refractivity contribution in [2.24, 2.45) is 0 Å². The lowest BCUT2D eigenvalue weighted by atomic mass is 10.0. The maximum atomic E-state index is 5.81. The van der Waals surface area contributed by atoms with Gasteiger partial charge in [-0.1, -0.05) is 30.9 Å². The van der Waals surface area contributed by atoms with E-state index in [0.717, 1.165) is 16.9 Å². The molecule has 1 aliphatic heterocycles. The normalized spacial score (nSPS) is 19.6. The predicted molar refractivity (Wildman–Crippen MR) is 64.7 cm³/mol. The molecule has 4 heteroatoms. The van der Waals surface area contributed by atoms with Gasteiger partial charge in [-0.05, 0) is 29.8 Å². The maximum Gasteiger partial charge on any atom is 0.401 e. The number of allylic oxidation sites excluding steroid dienone is 1. The van der Waals surface area contributed by atoms with Gasteiger partial charge in [0.1, 0.15) is 11.5 Å². The molecule has 0 amide bonds. The summed E-state index contributed by atoms with van der Waals surface area (Å²) in [6, 6.07) is 5.78. The highest BCUT2D eigenvalue weighted by Crippen LogP contribution is 2.54. The molecule has 0 aromatic heterocycles. The highest BCUT2D eigenvalue weighted by Gasteiger charge is 2.24. The molecule has 0 saturated heterocycles. The first-order valence-corrected chi connectivity index (χ1v) is 6.57. The molecule has 0 N–H and O–H groups in total. The van der Waals surface area contributed by atoms with E-state index in [-0.39, 0.29) is 0 Å². The highest BCUT2D eigenvalue weighted by molar-refractivity contribution is 7.76. The van der Waals surface area contributed by atoms with Crippen LogP contribution in [0.15, 0.2) is 30.9 Å². The monoisotopic (exact) mass is 240 g/mol. The fraction of sp³-hybridized carbons (Fsp3) is 0.0909. The van der Waals surface area contributed by atoms with Crippen molar-refractivity contribution in [3.8, 4) is 5.75 Å². The third kappa shape index (κ3) is 2.01. The van der Waals surface area contributed by atoms with Crippen molar-refractivity contribution in [2.45, 2.75) is 6.92 Å². The van der Waals surface area contributed by atoms with Crippen molar-refractivity contribution in [2.75, 3.05) is 0 Å². The summed E-state index contributed by atoms with van der Waals surface area (Å²) in [6.07, 6.45) is 3.94. The highest BCUT2D eigenvalue weighted by atomic mass is 35.7. The van der Waals surface area contributed by atoms with Crippen molar-refractivity contribution in [1.29, 1.82) is 0 Å². The Morgan fingerprint density at radius 1 is 1.40 bits per heavy atom. The van der Waals surface area contributed by atoms with Gasteiger partial charge >= 0.3 is 7.73 Å². The molecule has 2 nitrogen and oxygen atoms in total. The second-order valence-corrected chi connectivity index (χ2v) is 4.66. The zero-order valence-corrected chi connectivity index (χ0v) is 9.89. The maximum absolute atomic E-state index is 5.81. The third-order valence-corrected chi connectivity index (χ3v) is 3.15. The third-order valence-electron chi connectivity index (χ3n) is 2.04. The summed E-state index contributed by atoms with van der Waals surface area (Å²) < 4.78 is 10.7. The molecule has 1 unspecified atom stereocenters. The van der Waals surface area contributed by atoms with Gasteiger partial charge in [-0.2, -0.15) is 0 Å². The Morgan fingerprint density at radius 2 is 2.20 bits per heavy atom. The first-order chi connectivity index (χ1) is 7.22. The number of fused-ring (bicyclic) bond motifs is 1. The van der Waals surface area contributed by atoms with Crippen LogP contribution >= 0.6 is 19.0 Å². The summed E-state index contributed by atoms with van der Waals surface area (Å²) in [6.45, 7) is 5.80. The van der Waals surface area contributed by atoms with Gasteiger partial charge in [-0.15, -0.1) is 0 Å². The van der Waals surface area contributed by atoms with Crippen molar-refractivity contribution in [3.63, 3.8) is 0 Å². The van der Waals surface area contributed by atoms with E-state index in [9.17, 15) is 0 Å². The largest absolute Gasteiger partial charge is 0.427 e. The number of rotatable bonds is 1. The summed E-state index contributed by atoms with van der Waals surface area (Å²) >= 11 is 5.81. The van der Waals surface area contributed by atoms with E-state index in [4.69, 9.17) is 20.3 Å². The van der Waals surface area contributed by atoms with E-state index < -0.39 is 7.73 Å². The van der Waals surface area contributed by atoms with Gasteiger partial charge in [-0.25, -0.2) is 0 Å². The van der Waals surface area contributed by atoms with Crippen LogP contribution in [0.2, 0.25) is 0 Å². The Morgan fingerprint density at radius 3 is 2.93 bits per heavy atom. The van der Waals surface area contributed by atoms with Crippen LogP contribution in [0.1, 0.15) is 18.1 Å². The zero-order chi connectivity index (χ0) is 10.8. The molecule has 0 aliphatic carbocycles. The molecule has 0 spiro atoms. The van der Waals surface area contributed by atoms with Crippen molar-refractivity contribution >= 4 is 30.8 Å². The summed E-state index contributed by atoms with van der Waals surface area (Å²) in [5, 5.41) is 0. The minimum atomic E-state index is -1.39. The molecule has 1 aromatic carbocycles. The lowest BCUT2D eigenvalue weighted by molar-refractivity contribution is 0.458. The molecule has 0 radical (unpaired) electrons. The fourth-order valence-corrected chi connectivity index (χ4v) is 2.55. The second kappa shape index (κ2) is 4.26. The molecule has 0 bridgehead atoms. The van der Waals surface area contributed by atoms with Crippen LogP contribution < -0.4 is 4.52 Å². The Balaban J connectivity index is 2.54. The van der Waals surface area contributed by atoms with E-state index in [0.29, 0.717) is 5.76 Å². The van der Waals surface area contributed by atoms with E-state index >= 15 is 0 Å². The molecule has 1 aromatic rings. The predicted octanol–water partition coefficient (Wildman–Crippen LogP) is 4.57. The van der Waals surface area contributed by atoms with Crippen molar-refractivity contribution in [3.05, 3.63) is 42.0 Å². The number of hydrogen-bond donors (Lipinski definition) is 0. The van der Waals surface area contributed by atoms with Crippen LogP contribution in [0.25, 0.3) is 11.8 Å². The van der Waals surface area contributed by atoms with E-state index in [1.165, 1.54) is 0 Å². The number of benzene rings is 1. The molecule has 1 atom stereocenters. The molecule has 0 saturated carbocycles. The molecule has 2 rings (SSSR count). The molecule has 1 heterocycles. The smallest absolute Gasteiger partial charge is 0.401 e. The fourth-order valence-electron chi connectivity index (χ4n) is 1.47. The minimum Gasteiger partial charge on any atom is -0.427 e. The molecular formula is C11H10ClO2P. The summed E-state index contributed by atoms with van der Waals surface area (Å²) in [5.74, 6) is 1.31. The summed E-state index contributed by atoms with van der Waals surface area (Å²) in [4.78, 5) is 0. The van der Waals surface area contributed by atoms with Crippen LogP contribution in [-0.4, -0.2) is 0 Å². The average Bonchev–Trinajstić information content (AvgIpc) is 2.17. The Hall–Kier alpha value is -0.980. The van der Waals surface area contributed by atoms with E-state index in [1.54, 1.807) is 0 Å². The lowest BCUT2D eigenvalue weighted by Crippen LogP contribution is -2.01. The summed E-state index contributed by atoms with van der Waals surface area (Å²) in [5.41, 5.74) is 1.91. The number of halogens is 1. The molecular weight excluding hydrogens is 231 g/mol. The van der Waals surface area contributed by atoms with E-state index in [2.05, 4.69) is 6.58 Å². The Kier molecular flexibility index (Phi) is 2.99. The minimum absolute atomic E-state index is 0.575. The van der Waals surface area contributed by atoms with Crippen LogP contribution in [-0.2, 0) is 4.52 Å². The van der Waals surface area contributed by atoms with Crippen LogP contribution in [0, 0.1) is 0 Å². The van der Waals surface area contributed by atoms with Gasteiger partial charge in [0.25, 0.3) is 0 Å². The second-order valence-electron chi connectivity index (χ2n) is 3.04. The summed E-state index contributed by atoms with van der Waals surface area (Å²) in [7, 11) is -1.39. The van der Waals surface area contributed by atoms with Gasteiger partial charge in [0, 0.05) is 0 Å². The number of hydrogen-bond acceptors (Lipinski definition) is 2. The average molecular weight is 241 g/mol. The Labute approximate surface area is 94.9 Å². The quantitative estimate of drug-likeness (QED) is 0.670. The van der Waals surface area contributed by atoms with Gasteiger partial charge < -0.3 is 9.05 Å². The zero-order valence-electron chi connectivity index (χ0n) is 8.24. The van der Waals surface area contributed by atoms with Gasteiger partial charge in [0.15, 0.2) is 0 Å². The topological polar surface area (TPSA) is 18.5 Å². The van der Waals surface area contributed by atoms with Gasteiger partial charge in [0.05, 0.1) is 5.56 Å². The SMILES string of the molecule is C=C1OP(Cl)Oc2cccc(/C=C\C)c21. The van der Waals surface area contributed by atoms with Crippen molar-refractivity contribution < 1.29 is 9.05 Å². The first-order valence-electron chi connectivity index (χ1n) is 4.49. The molecule has 78 valence electrons.